The van der Waals surface area contributed by atoms with Gasteiger partial charge in [-0.3, -0.25) is 0 Å². The number of fused-ring (bicyclic) bond motifs is 1. The highest BCUT2D eigenvalue weighted by Gasteiger charge is 2.36. The number of hydrogen-bond donors (Lipinski definition) is 0. The predicted octanol–water partition coefficient (Wildman–Crippen LogP) is 1.58. The predicted molar refractivity (Wildman–Crippen MR) is 59.8 cm³/mol. The second-order valence-corrected chi connectivity index (χ2v) is 4.71. The van der Waals surface area contributed by atoms with Crippen LogP contribution in [0.2, 0.25) is 0 Å². The summed E-state index contributed by atoms with van der Waals surface area (Å²) in [5, 5.41) is 8.77. The molecule has 1 aliphatic carbocycles. The van der Waals surface area contributed by atoms with Gasteiger partial charge in [-0.15, -0.1) is 0 Å². The van der Waals surface area contributed by atoms with Gasteiger partial charge < -0.3 is 4.90 Å². The SMILES string of the molecule is N#Cc1nccc(N2C[C@H]3CCC[C@@H]3C2)n1. The molecule has 16 heavy (non-hydrogen) atoms. The van der Waals surface area contributed by atoms with E-state index in [-0.39, 0.29) is 5.82 Å². The molecule has 0 N–H and O–H groups in total. The van der Waals surface area contributed by atoms with Gasteiger partial charge in [0.1, 0.15) is 11.9 Å². The summed E-state index contributed by atoms with van der Waals surface area (Å²) in [7, 11) is 0. The van der Waals surface area contributed by atoms with Gasteiger partial charge in [0.25, 0.3) is 0 Å². The van der Waals surface area contributed by atoms with Gasteiger partial charge in [-0.1, -0.05) is 6.42 Å². The molecule has 2 aliphatic rings. The Kier molecular flexibility index (Phi) is 2.24. The number of aromatic nitrogens is 2. The van der Waals surface area contributed by atoms with Crippen molar-refractivity contribution in [1.82, 2.24) is 9.97 Å². The van der Waals surface area contributed by atoms with Gasteiger partial charge in [0, 0.05) is 19.3 Å². The lowest BCUT2D eigenvalue weighted by molar-refractivity contribution is 0.494. The second kappa shape index (κ2) is 3.75. The van der Waals surface area contributed by atoms with Crippen molar-refractivity contribution in [2.24, 2.45) is 11.8 Å². The first kappa shape index (κ1) is 9.59. The molecule has 82 valence electrons. The lowest BCUT2D eigenvalue weighted by Crippen LogP contribution is -2.22. The van der Waals surface area contributed by atoms with Crippen LogP contribution in [0.3, 0.4) is 0 Å². The lowest BCUT2D eigenvalue weighted by atomic mass is 10.0. The van der Waals surface area contributed by atoms with Crippen LogP contribution in [0.25, 0.3) is 0 Å². The van der Waals surface area contributed by atoms with Gasteiger partial charge in [0.05, 0.1) is 0 Å². The molecule has 2 fully saturated rings. The first-order valence-corrected chi connectivity index (χ1v) is 5.85. The van der Waals surface area contributed by atoms with E-state index in [1.54, 1.807) is 6.20 Å². The Labute approximate surface area is 94.9 Å². The zero-order valence-electron chi connectivity index (χ0n) is 9.13. The van der Waals surface area contributed by atoms with E-state index in [9.17, 15) is 0 Å². The molecule has 0 spiro atoms. The van der Waals surface area contributed by atoms with Crippen LogP contribution in [0, 0.1) is 23.2 Å². The minimum atomic E-state index is 0.273. The second-order valence-electron chi connectivity index (χ2n) is 4.71. The third-order valence-electron chi connectivity index (χ3n) is 3.79. The molecular formula is C12H14N4. The van der Waals surface area contributed by atoms with Crippen LogP contribution in [0.15, 0.2) is 12.3 Å². The number of rotatable bonds is 1. The van der Waals surface area contributed by atoms with Gasteiger partial charge in [0.2, 0.25) is 5.82 Å². The lowest BCUT2D eigenvalue weighted by Gasteiger charge is -2.17. The Hall–Kier alpha value is -1.63. The van der Waals surface area contributed by atoms with Crippen LogP contribution in [0.5, 0.6) is 0 Å². The minimum absolute atomic E-state index is 0.273. The Bertz CT molecular complexity index is 425. The summed E-state index contributed by atoms with van der Waals surface area (Å²) in [6.45, 7) is 2.21. The molecule has 2 atom stereocenters. The van der Waals surface area contributed by atoms with Gasteiger partial charge in [-0.2, -0.15) is 5.26 Å². The van der Waals surface area contributed by atoms with Crippen molar-refractivity contribution < 1.29 is 0 Å². The summed E-state index contributed by atoms with van der Waals surface area (Å²) in [4.78, 5) is 10.5. The molecule has 4 heteroatoms. The number of nitriles is 1. The molecule has 0 aromatic carbocycles. The third kappa shape index (κ3) is 1.53. The fourth-order valence-corrected chi connectivity index (χ4v) is 3.00. The van der Waals surface area contributed by atoms with Crippen molar-refractivity contribution in [3.05, 3.63) is 18.1 Å². The summed E-state index contributed by atoms with van der Waals surface area (Å²) < 4.78 is 0. The molecule has 3 rings (SSSR count). The molecule has 0 amide bonds. The Morgan fingerprint density at radius 1 is 1.31 bits per heavy atom. The van der Waals surface area contributed by atoms with Crippen LogP contribution in [0.1, 0.15) is 25.1 Å². The molecule has 0 bridgehead atoms. The summed E-state index contributed by atoms with van der Waals surface area (Å²) in [6.07, 6.45) is 5.78. The minimum Gasteiger partial charge on any atom is -0.356 e. The smallest absolute Gasteiger partial charge is 0.234 e. The van der Waals surface area contributed by atoms with Crippen molar-refractivity contribution in [2.45, 2.75) is 19.3 Å². The van der Waals surface area contributed by atoms with E-state index in [0.29, 0.717) is 0 Å². The van der Waals surface area contributed by atoms with E-state index in [0.717, 1.165) is 30.7 Å². The number of anilines is 1. The summed E-state index contributed by atoms with van der Waals surface area (Å²) in [6, 6.07) is 3.90. The van der Waals surface area contributed by atoms with E-state index < -0.39 is 0 Å². The monoisotopic (exact) mass is 214 g/mol. The highest BCUT2D eigenvalue weighted by atomic mass is 15.2. The maximum atomic E-state index is 8.77. The highest BCUT2D eigenvalue weighted by molar-refractivity contribution is 5.40. The average Bonchev–Trinajstić information content (AvgIpc) is 2.89. The van der Waals surface area contributed by atoms with Gasteiger partial charge in [0.15, 0.2) is 0 Å². The normalized spacial score (nSPS) is 27.8. The topological polar surface area (TPSA) is 52.8 Å². The summed E-state index contributed by atoms with van der Waals surface area (Å²) in [5.41, 5.74) is 0. The van der Waals surface area contributed by atoms with E-state index >= 15 is 0 Å². The standard InChI is InChI=1S/C12H14N4/c13-6-11-14-5-4-12(15-11)16-7-9-2-1-3-10(9)8-16/h4-5,9-10H,1-3,7-8H2/t9-,10-/m1/s1. The van der Waals surface area contributed by atoms with Crippen molar-refractivity contribution >= 4 is 5.82 Å². The van der Waals surface area contributed by atoms with Crippen molar-refractivity contribution in [2.75, 3.05) is 18.0 Å². The van der Waals surface area contributed by atoms with Crippen molar-refractivity contribution in [3.8, 4) is 6.07 Å². The summed E-state index contributed by atoms with van der Waals surface area (Å²) >= 11 is 0. The Morgan fingerprint density at radius 2 is 2.06 bits per heavy atom. The van der Waals surface area contributed by atoms with Crippen LogP contribution in [-0.4, -0.2) is 23.1 Å². The van der Waals surface area contributed by atoms with Crippen LogP contribution in [-0.2, 0) is 0 Å². The van der Waals surface area contributed by atoms with E-state index in [1.807, 2.05) is 12.1 Å². The van der Waals surface area contributed by atoms with Crippen LogP contribution in [0.4, 0.5) is 5.82 Å². The Morgan fingerprint density at radius 3 is 2.75 bits per heavy atom. The van der Waals surface area contributed by atoms with Crippen molar-refractivity contribution in [1.29, 1.82) is 5.26 Å². The fourth-order valence-electron chi connectivity index (χ4n) is 3.00. The molecule has 2 heterocycles. The molecule has 1 aliphatic heterocycles. The van der Waals surface area contributed by atoms with Gasteiger partial charge >= 0.3 is 0 Å². The maximum absolute atomic E-state index is 8.77. The van der Waals surface area contributed by atoms with Gasteiger partial charge in [-0.25, -0.2) is 9.97 Å². The highest BCUT2D eigenvalue weighted by Crippen LogP contribution is 2.38. The molecule has 1 saturated carbocycles. The molecule has 0 radical (unpaired) electrons. The third-order valence-corrected chi connectivity index (χ3v) is 3.79. The number of nitrogens with zero attached hydrogens (tertiary/aromatic N) is 4. The van der Waals surface area contributed by atoms with Gasteiger partial charge in [-0.05, 0) is 30.7 Å². The quantitative estimate of drug-likeness (QED) is 0.712. The first-order valence-electron chi connectivity index (χ1n) is 5.85. The number of hydrogen-bond acceptors (Lipinski definition) is 4. The molecule has 4 nitrogen and oxygen atoms in total. The van der Waals surface area contributed by atoms with E-state index in [2.05, 4.69) is 14.9 Å². The largest absolute Gasteiger partial charge is 0.356 e. The van der Waals surface area contributed by atoms with Crippen LogP contribution >= 0.6 is 0 Å². The fraction of sp³-hybridized carbons (Fsp3) is 0.583. The zero-order chi connectivity index (χ0) is 11.0. The zero-order valence-corrected chi connectivity index (χ0v) is 9.13. The first-order chi connectivity index (χ1) is 7.86. The maximum Gasteiger partial charge on any atom is 0.234 e. The van der Waals surface area contributed by atoms with Crippen LogP contribution < -0.4 is 4.90 Å². The molecule has 0 unspecified atom stereocenters. The molecule has 1 aromatic rings. The molecule has 1 saturated heterocycles. The average molecular weight is 214 g/mol. The molecular weight excluding hydrogens is 200 g/mol. The Balaban J connectivity index is 1.81. The molecule has 1 aromatic heterocycles. The van der Waals surface area contributed by atoms with E-state index in [1.165, 1.54) is 19.3 Å². The summed E-state index contributed by atoms with van der Waals surface area (Å²) in [5.74, 6) is 2.89. The van der Waals surface area contributed by atoms with Crippen molar-refractivity contribution in [3.63, 3.8) is 0 Å². The van der Waals surface area contributed by atoms with E-state index in [4.69, 9.17) is 5.26 Å².